The molecule has 0 spiro atoms. The van der Waals surface area contributed by atoms with Crippen molar-refractivity contribution >= 4 is 19.1 Å². The van der Waals surface area contributed by atoms with Crippen LogP contribution in [-0.2, 0) is 9.09 Å². The van der Waals surface area contributed by atoms with E-state index in [-0.39, 0.29) is 5.78 Å². The predicted octanol–water partition coefficient (Wildman–Crippen LogP) is 3.32. The second-order valence-electron chi connectivity index (χ2n) is 3.64. The summed E-state index contributed by atoms with van der Waals surface area (Å²) < 4.78 is 16.7. The van der Waals surface area contributed by atoms with Crippen LogP contribution < -0.4 is 5.30 Å². The van der Waals surface area contributed by atoms with Gasteiger partial charge in [0.1, 0.15) is 0 Å². The smallest absolute Gasteiger partial charge is 0.266 e. The molecule has 17 heavy (non-hydrogen) atoms. The average molecular weight is 252 g/mol. The first-order chi connectivity index (χ1) is 8.20. The van der Waals surface area contributed by atoms with E-state index in [1.54, 1.807) is 24.3 Å². The molecule has 0 N–H and O–H groups in total. The molecule has 1 unspecified atom stereocenters. The molecule has 0 bridgehead atoms. The summed E-state index contributed by atoms with van der Waals surface area (Å²) in [5, 5.41) is 0.485. The Morgan fingerprint density at radius 1 is 1.47 bits per heavy atom. The van der Waals surface area contributed by atoms with Gasteiger partial charge in [-0.3, -0.25) is 9.36 Å². The first kappa shape index (κ1) is 13.7. The number of unbranched alkanes of at least 4 members (excludes halogenated alkanes) is 1. The fourth-order valence-electron chi connectivity index (χ4n) is 1.52. The highest BCUT2D eigenvalue weighted by Crippen LogP contribution is 2.24. The molecule has 0 aliphatic carbocycles. The van der Waals surface area contributed by atoms with Crippen LogP contribution in [0.15, 0.2) is 37.1 Å². The van der Waals surface area contributed by atoms with Crippen molar-refractivity contribution in [3.8, 4) is 0 Å². The first-order valence-corrected chi connectivity index (χ1v) is 6.96. The minimum atomic E-state index is -2.41. The molecular weight excluding hydrogens is 235 g/mol. The third-order valence-electron chi connectivity index (χ3n) is 2.40. The topological polar surface area (TPSA) is 43.4 Å². The summed E-state index contributed by atoms with van der Waals surface area (Å²) in [7, 11) is -2.41. The first-order valence-electron chi connectivity index (χ1n) is 5.64. The maximum Gasteiger partial charge on any atom is 0.266 e. The predicted molar refractivity (Wildman–Crippen MR) is 70.2 cm³/mol. The number of Topliss-reactive ketones (excluding diaryl/α,β-unsaturated/α-hetero) is 1. The van der Waals surface area contributed by atoms with Gasteiger partial charge in [0.2, 0.25) is 0 Å². The number of carbonyl (C=O) groups excluding carboxylic acids is 1. The molecule has 0 aliphatic heterocycles. The lowest BCUT2D eigenvalue weighted by Crippen LogP contribution is -2.12. The minimum Gasteiger partial charge on any atom is -0.450 e. The highest BCUT2D eigenvalue weighted by atomic mass is 31.1. The van der Waals surface area contributed by atoms with Gasteiger partial charge in [-0.15, -0.1) is 0 Å². The molecular formula is C13H17O3P. The molecule has 0 saturated carbocycles. The molecule has 0 radical (unpaired) electrons. The summed E-state index contributed by atoms with van der Waals surface area (Å²) in [6.45, 7) is 5.40. The van der Waals surface area contributed by atoms with Gasteiger partial charge in [-0.2, -0.15) is 0 Å². The zero-order valence-corrected chi connectivity index (χ0v) is 10.9. The van der Waals surface area contributed by atoms with Crippen molar-refractivity contribution in [3.05, 3.63) is 42.7 Å². The molecule has 3 nitrogen and oxygen atoms in total. The van der Waals surface area contributed by atoms with Gasteiger partial charge in [0.25, 0.3) is 8.03 Å². The normalized spacial score (nSPS) is 11.8. The van der Waals surface area contributed by atoms with E-state index in [0.29, 0.717) is 17.3 Å². The van der Waals surface area contributed by atoms with E-state index in [0.717, 1.165) is 19.1 Å². The summed E-state index contributed by atoms with van der Waals surface area (Å²) in [5.74, 6) is 0.0217. The van der Waals surface area contributed by atoms with Crippen molar-refractivity contribution in [2.24, 2.45) is 0 Å². The third kappa shape index (κ3) is 3.86. The van der Waals surface area contributed by atoms with Gasteiger partial charge in [-0.25, -0.2) is 0 Å². The second kappa shape index (κ2) is 7.08. The van der Waals surface area contributed by atoms with Gasteiger partial charge in [0.15, 0.2) is 5.78 Å². The van der Waals surface area contributed by atoms with Gasteiger partial charge in [0, 0.05) is 12.0 Å². The van der Waals surface area contributed by atoms with E-state index in [9.17, 15) is 9.36 Å². The highest BCUT2D eigenvalue weighted by Gasteiger charge is 2.14. The maximum atomic E-state index is 11.9. The van der Waals surface area contributed by atoms with E-state index < -0.39 is 8.03 Å². The van der Waals surface area contributed by atoms with Crippen LogP contribution in [0.4, 0.5) is 0 Å². The SMILES string of the molecule is C=CO[PH](=O)c1ccccc1C(=O)CCCC. The largest absolute Gasteiger partial charge is 0.450 e. The summed E-state index contributed by atoms with van der Waals surface area (Å²) in [6, 6.07) is 6.89. The maximum absolute atomic E-state index is 11.9. The van der Waals surface area contributed by atoms with Crippen molar-refractivity contribution in [3.63, 3.8) is 0 Å². The molecule has 1 aromatic rings. The van der Waals surface area contributed by atoms with Crippen molar-refractivity contribution in [1.82, 2.24) is 0 Å². The minimum absolute atomic E-state index is 0.0217. The summed E-state index contributed by atoms with van der Waals surface area (Å²) in [6.07, 6.45) is 3.44. The number of carbonyl (C=O) groups is 1. The van der Waals surface area contributed by atoms with Gasteiger partial charge in [0.05, 0.1) is 11.6 Å². The van der Waals surface area contributed by atoms with Crippen LogP contribution in [0.3, 0.4) is 0 Å². The number of benzene rings is 1. The summed E-state index contributed by atoms with van der Waals surface area (Å²) in [5.41, 5.74) is 0.506. The molecule has 0 aliphatic rings. The molecule has 0 aromatic heterocycles. The molecule has 0 fully saturated rings. The lowest BCUT2D eigenvalue weighted by Gasteiger charge is -2.07. The molecule has 1 rings (SSSR count). The molecule has 0 saturated heterocycles. The van der Waals surface area contributed by atoms with Crippen molar-refractivity contribution in [2.45, 2.75) is 26.2 Å². The standard InChI is InChI=1S/C13H17O3P/c1-3-5-9-12(14)11-8-6-7-10-13(11)17(15)16-4-2/h4,6-8,10,17H,2-3,5,9H2,1H3. The van der Waals surface area contributed by atoms with Crippen molar-refractivity contribution < 1.29 is 13.9 Å². The summed E-state index contributed by atoms with van der Waals surface area (Å²) >= 11 is 0. The van der Waals surface area contributed by atoms with Gasteiger partial charge >= 0.3 is 0 Å². The zero-order chi connectivity index (χ0) is 12.7. The van der Waals surface area contributed by atoms with E-state index in [4.69, 9.17) is 4.52 Å². The Labute approximate surface area is 102 Å². The Morgan fingerprint density at radius 2 is 2.18 bits per heavy atom. The van der Waals surface area contributed by atoms with Gasteiger partial charge in [-0.1, -0.05) is 38.1 Å². The van der Waals surface area contributed by atoms with Crippen LogP contribution in [0.2, 0.25) is 0 Å². The van der Waals surface area contributed by atoms with E-state index in [1.165, 1.54) is 0 Å². The molecule has 4 heteroatoms. The van der Waals surface area contributed by atoms with Gasteiger partial charge < -0.3 is 4.52 Å². The van der Waals surface area contributed by atoms with Crippen LogP contribution in [0, 0.1) is 0 Å². The van der Waals surface area contributed by atoms with Crippen molar-refractivity contribution in [2.75, 3.05) is 0 Å². The molecule has 0 amide bonds. The van der Waals surface area contributed by atoms with Crippen LogP contribution in [0.1, 0.15) is 36.5 Å². The Bertz CT molecular complexity index is 426. The number of hydrogen-bond donors (Lipinski definition) is 0. The Morgan fingerprint density at radius 3 is 2.82 bits per heavy atom. The van der Waals surface area contributed by atoms with Crippen LogP contribution >= 0.6 is 8.03 Å². The van der Waals surface area contributed by atoms with E-state index in [1.807, 2.05) is 6.92 Å². The molecule has 92 valence electrons. The van der Waals surface area contributed by atoms with Crippen LogP contribution in [0.25, 0.3) is 0 Å². The van der Waals surface area contributed by atoms with Crippen molar-refractivity contribution in [1.29, 1.82) is 0 Å². The molecule has 0 heterocycles. The highest BCUT2D eigenvalue weighted by molar-refractivity contribution is 7.48. The zero-order valence-electron chi connectivity index (χ0n) is 9.94. The number of rotatable bonds is 7. The van der Waals surface area contributed by atoms with E-state index in [2.05, 4.69) is 6.58 Å². The third-order valence-corrected chi connectivity index (χ3v) is 3.65. The average Bonchev–Trinajstić information content (AvgIpc) is 2.36. The fourth-order valence-corrected chi connectivity index (χ4v) is 2.47. The van der Waals surface area contributed by atoms with E-state index >= 15 is 0 Å². The Balaban J connectivity index is 2.94. The van der Waals surface area contributed by atoms with Crippen LogP contribution in [-0.4, -0.2) is 5.78 Å². The number of hydrogen-bond acceptors (Lipinski definition) is 3. The fraction of sp³-hybridized carbons (Fsp3) is 0.308. The quantitative estimate of drug-likeness (QED) is 0.424. The lowest BCUT2D eigenvalue weighted by molar-refractivity contribution is 0.0980. The summed E-state index contributed by atoms with van der Waals surface area (Å²) in [4.78, 5) is 11.9. The van der Waals surface area contributed by atoms with Crippen LogP contribution in [0.5, 0.6) is 0 Å². The number of ketones is 1. The monoisotopic (exact) mass is 252 g/mol. The Kier molecular flexibility index (Phi) is 5.71. The van der Waals surface area contributed by atoms with Gasteiger partial charge in [-0.05, 0) is 12.5 Å². The Hall–Kier alpha value is -1.34. The second-order valence-corrected chi connectivity index (χ2v) is 4.99. The lowest BCUT2D eigenvalue weighted by atomic mass is 10.1. The molecule has 1 atom stereocenters. The molecule has 1 aromatic carbocycles.